The lowest BCUT2D eigenvalue weighted by Crippen LogP contribution is -2.42. The average molecular weight is 533 g/mol. The number of nitrogens with two attached hydrogens (primary N) is 1. The van der Waals surface area contributed by atoms with E-state index in [1.165, 1.54) is 4.57 Å². The van der Waals surface area contributed by atoms with Gasteiger partial charge < -0.3 is 15.2 Å². The highest BCUT2D eigenvalue weighted by Crippen LogP contribution is 2.37. The number of aromatic nitrogens is 1. The van der Waals surface area contributed by atoms with Crippen LogP contribution in [0.2, 0.25) is 0 Å². The van der Waals surface area contributed by atoms with Crippen molar-refractivity contribution in [1.29, 1.82) is 0 Å². The summed E-state index contributed by atoms with van der Waals surface area (Å²) in [5.41, 5.74) is 10.1. The molecule has 8 heteroatoms. The zero-order valence-electron chi connectivity index (χ0n) is 22.1. The van der Waals surface area contributed by atoms with E-state index in [1.807, 2.05) is 69.3 Å². The van der Waals surface area contributed by atoms with Crippen LogP contribution in [-0.4, -0.2) is 29.7 Å². The highest BCUT2D eigenvalue weighted by molar-refractivity contribution is 7.07. The number of carbonyl (C=O) groups excluding carboxylic acids is 2. The van der Waals surface area contributed by atoms with Crippen LogP contribution in [0, 0.1) is 13.8 Å². The number of rotatable bonds is 8. The van der Waals surface area contributed by atoms with Crippen LogP contribution in [0.1, 0.15) is 54.9 Å². The Morgan fingerprint density at radius 1 is 0.947 bits per heavy atom. The smallest absolute Gasteiger partial charge is 0.338 e. The molecule has 4 rings (SSSR count). The van der Waals surface area contributed by atoms with Crippen molar-refractivity contribution in [2.75, 3.05) is 13.2 Å². The maximum atomic E-state index is 13.6. The normalized spacial score (nSPS) is 15.4. The van der Waals surface area contributed by atoms with Crippen molar-refractivity contribution in [1.82, 2.24) is 4.57 Å². The molecule has 0 aliphatic carbocycles. The Kier molecular flexibility index (Phi) is 8.32. The number of fused-ring (bicyclic) bond motifs is 1. The molecule has 1 aliphatic rings. The molecule has 198 valence electrons. The number of esters is 2. The minimum absolute atomic E-state index is 0.0371. The Morgan fingerprint density at radius 3 is 2.16 bits per heavy atom. The first-order valence-electron chi connectivity index (χ1n) is 12.7. The summed E-state index contributed by atoms with van der Waals surface area (Å²) in [6.07, 6.45) is 3.28. The number of ether oxygens (including phenoxy) is 2. The molecule has 38 heavy (non-hydrogen) atoms. The van der Waals surface area contributed by atoms with E-state index in [0.29, 0.717) is 21.2 Å². The number of hydrogen-bond donors (Lipinski definition) is 1. The average Bonchev–Trinajstić information content (AvgIpc) is 3.21. The van der Waals surface area contributed by atoms with Crippen LogP contribution in [0.25, 0.3) is 17.5 Å². The third-order valence-corrected chi connectivity index (χ3v) is 7.49. The van der Waals surface area contributed by atoms with Crippen molar-refractivity contribution >= 4 is 40.7 Å². The molecule has 0 spiro atoms. The van der Waals surface area contributed by atoms with Gasteiger partial charge in [-0.15, -0.1) is 11.3 Å². The van der Waals surface area contributed by atoms with Gasteiger partial charge in [-0.3, -0.25) is 9.36 Å². The number of carbonyl (C=O) groups is 2. The molecule has 1 aliphatic heterocycles. The number of thiazole rings is 1. The van der Waals surface area contributed by atoms with Crippen LogP contribution in [0.5, 0.6) is 0 Å². The highest BCUT2D eigenvalue weighted by Gasteiger charge is 2.39. The van der Waals surface area contributed by atoms with Crippen LogP contribution >= 0.6 is 11.3 Å². The summed E-state index contributed by atoms with van der Waals surface area (Å²) in [6, 6.07) is 15.3. The Morgan fingerprint density at radius 2 is 1.55 bits per heavy atom. The van der Waals surface area contributed by atoms with E-state index in [1.54, 1.807) is 13.0 Å². The highest BCUT2D eigenvalue weighted by atomic mass is 32.1. The van der Waals surface area contributed by atoms with Crippen molar-refractivity contribution in [2.24, 2.45) is 5.73 Å². The number of unbranched alkanes of at least 4 members (excludes halogenated alkanes) is 1. The predicted octanol–water partition coefficient (Wildman–Crippen LogP) is 3.34. The number of benzene rings is 2. The van der Waals surface area contributed by atoms with Gasteiger partial charge in [0.25, 0.3) is 5.56 Å². The third-order valence-electron chi connectivity index (χ3n) is 6.38. The van der Waals surface area contributed by atoms with E-state index in [-0.39, 0.29) is 30.2 Å². The van der Waals surface area contributed by atoms with Gasteiger partial charge in [0.15, 0.2) is 0 Å². The van der Waals surface area contributed by atoms with Gasteiger partial charge in [0.2, 0.25) is 0 Å². The maximum Gasteiger partial charge on any atom is 0.338 e. The Bertz CT molecular complexity index is 1560. The lowest BCUT2D eigenvalue weighted by atomic mass is 9.83. The Labute approximate surface area is 225 Å². The Balaban J connectivity index is 2.04. The second-order valence-corrected chi connectivity index (χ2v) is 10.3. The third kappa shape index (κ3) is 5.36. The van der Waals surface area contributed by atoms with E-state index in [4.69, 9.17) is 15.2 Å². The van der Waals surface area contributed by atoms with Gasteiger partial charge in [0.05, 0.1) is 34.8 Å². The molecule has 0 unspecified atom stereocenters. The molecule has 0 amide bonds. The first-order chi connectivity index (χ1) is 18.3. The van der Waals surface area contributed by atoms with Gasteiger partial charge in [-0.2, -0.15) is 0 Å². The van der Waals surface area contributed by atoms with E-state index in [9.17, 15) is 14.4 Å². The molecule has 2 aromatic carbocycles. The fourth-order valence-corrected chi connectivity index (χ4v) is 5.51. The molecule has 1 aromatic heterocycles. The van der Waals surface area contributed by atoms with Gasteiger partial charge in [0, 0.05) is 0 Å². The maximum absolute atomic E-state index is 13.6. The quantitative estimate of drug-likeness (QED) is 0.353. The molecule has 0 bridgehead atoms. The zero-order chi connectivity index (χ0) is 27.4. The summed E-state index contributed by atoms with van der Waals surface area (Å²) in [5.74, 6) is -2.16. The second kappa shape index (κ2) is 11.6. The summed E-state index contributed by atoms with van der Waals surface area (Å²) in [5, 5.41) is 0. The summed E-state index contributed by atoms with van der Waals surface area (Å²) in [4.78, 5) is 40.6. The van der Waals surface area contributed by atoms with Crippen LogP contribution in [0.15, 0.2) is 58.9 Å². The first kappa shape index (κ1) is 27.1. The molecule has 3 aromatic rings. The molecule has 2 N–H and O–H groups in total. The van der Waals surface area contributed by atoms with Gasteiger partial charge in [-0.1, -0.05) is 73.0 Å². The van der Waals surface area contributed by atoms with Crippen molar-refractivity contribution in [3.63, 3.8) is 0 Å². The largest absolute Gasteiger partial charge is 0.463 e. The molecule has 7 nitrogen and oxygen atoms in total. The van der Waals surface area contributed by atoms with Gasteiger partial charge >= 0.3 is 11.9 Å². The topological polar surface area (TPSA) is 101 Å². The van der Waals surface area contributed by atoms with Crippen LogP contribution in [0.3, 0.4) is 0 Å². The van der Waals surface area contributed by atoms with Gasteiger partial charge in [-0.25, -0.2) is 9.59 Å². The van der Waals surface area contributed by atoms with E-state index in [2.05, 4.69) is 0 Å². The number of aryl methyl sites for hydroxylation is 2. The van der Waals surface area contributed by atoms with Crippen molar-refractivity contribution < 1.29 is 19.1 Å². The molecule has 1 atom stereocenters. The lowest BCUT2D eigenvalue weighted by molar-refractivity contribution is -0.139. The summed E-state index contributed by atoms with van der Waals surface area (Å²) in [7, 11) is 0. The molecule has 2 heterocycles. The van der Waals surface area contributed by atoms with E-state index in [0.717, 1.165) is 34.4 Å². The minimum Gasteiger partial charge on any atom is -0.463 e. The summed E-state index contributed by atoms with van der Waals surface area (Å²) < 4.78 is 13.0. The molecule has 0 fully saturated rings. The molecular formula is C30H32N2O5S. The lowest BCUT2D eigenvalue weighted by Gasteiger charge is -2.27. The molecular weight excluding hydrogens is 500 g/mol. The fraction of sp³-hybridized carbons (Fsp3) is 0.300. The number of nitrogens with zero attached hydrogens (tertiary/aromatic N) is 1. The first-order valence-corrected chi connectivity index (χ1v) is 13.5. The van der Waals surface area contributed by atoms with E-state index < -0.39 is 23.4 Å². The SMILES string of the molecule is CCCCOC(=O)C1=C(N)n2c(s/c(=C\c3ccc(C)cc3)c2=O)=C(C(=O)OCC)[C@@H]1c1ccc(C)cc1. The standard InChI is InChI=1S/C30H32N2O5S/c1-5-7-16-37-29(34)24-23(21-14-10-19(4)11-15-21)25(30(35)36-6-2)28-32(26(24)31)27(33)22(38-28)17-20-12-8-18(3)9-13-20/h8-15,17,23H,5-7,16,31H2,1-4H3/b22-17-/t23-/m1/s1. The fourth-order valence-electron chi connectivity index (χ4n) is 4.35. The Hall–Kier alpha value is -3.91. The van der Waals surface area contributed by atoms with Crippen molar-refractivity contribution in [2.45, 2.75) is 46.5 Å². The van der Waals surface area contributed by atoms with Crippen molar-refractivity contribution in [3.05, 3.63) is 95.9 Å². The van der Waals surface area contributed by atoms with Crippen LogP contribution in [-0.2, 0) is 19.1 Å². The van der Waals surface area contributed by atoms with Gasteiger partial charge in [-0.05, 0) is 44.4 Å². The monoisotopic (exact) mass is 532 g/mol. The second-order valence-electron chi connectivity index (χ2n) is 9.23. The van der Waals surface area contributed by atoms with E-state index >= 15 is 0 Å². The minimum atomic E-state index is -0.853. The zero-order valence-corrected chi connectivity index (χ0v) is 22.9. The predicted molar refractivity (Wildman–Crippen MR) is 150 cm³/mol. The molecule has 0 radical (unpaired) electrons. The van der Waals surface area contributed by atoms with Crippen LogP contribution < -0.4 is 20.5 Å². The van der Waals surface area contributed by atoms with Crippen LogP contribution in [0.4, 0.5) is 0 Å². The number of hydrogen-bond acceptors (Lipinski definition) is 7. The van der Waals surface area contributed by atoms with Crippen molar-refractivity contribution in [3.8, 4) is 0 Å². The molecule has 0 saturated heterocycles. The van der Waals surface area contributed by atoms with Gasteiger partial charge in [0.1, 0.15) is 10.5 Å². The summed E-state index contributed by atoms with van der Waals surface area (Å²) in [6.45, 7) is 7.99. The molecule has 0 saturated carbocycles. The summed E-state index contributed by atoms with van der Waals surface area (Å²) >= 11 is 1.15.